The molecule has 5 heterocycles. The van der Waals surface area contributed by atoms with E-state index in [1.54, 1.807) is 6.92 Å². The number of benzene rings is 3. The second kappa shape index (κ2) is 15.5. The second-order valence-corrected chi connectivity index (χ2v) is 16.9. The number of para-hydroxylation sites is 2. The van der Waals surface area contributed by atoms with E-state index in [1.165, 1.54) is 28.5 Å². The first kappa shape index (κ1) is 39.0. The van der Waals surface area contributed by atoms with Crippen molar-refractivity contribution in [2.24, 2.45) is 0 Å². The minimum Gasteiger partial charge on any atom is -0.457 e. The third-order valence-corrected chi connectivity index (χ3v) is 12.0. The Hall–Kier alpha value is -4.81. The predicted molar refractivity (Wildman–Crippen MR) is 208 cm³/mol. The van der Waals surface area contributed by atoms with E-state index in [1.807, 2.05) is 78.9 Å². The van der Waals surface area contributed by atoms with Crippen LogP contribution in [0, 0.1) is 13.8 Å². The lowest BCUT2D eigenvalue weighted by atomic mass is 9.77. The molecule has 3 aromatic carbocycles. The average molecular weight is 819 g/mol. The summed E-state index contributed by atoms with van der Waals surface area (Å²) in [5.74, 6) is 1.18. The summed E-state index contributed by atoms with van der Waals surface area (Å²) >= 11 is 5.47. The van der Waals surface area contributed by atoms with Crippen LogP contribution in [0.25, 0.3) is 0 Å². The number of aromatic amines is 2. The molecule has 0 spiro atoms. The lowest BCUT2D eigenvalue weighted by Gasteiger charge is -2.41. The monoisotopic (exact) mass is 818 g/mol. The molecule has 16 nitrogen and oxygen atoms in total. The van der Waals surface area contributed by atoms with E-state index >= 15 is 0 Å². The fraction of sp³-hybridized carbons (Fsp3) is 0.333. The van der Waals surface area contributed by atoms with Gasteiger partial charge in [0, 0.05) is 47.5 Å². The molecule has 18 heteroatoms. The van der Waals surface area contributed by atoms with Crippen LogP contribution in [-0.4, -0.2) is 66.7 Å². The molecule has 57 heavy (non-hydrogen) atoms. The van der Waals surface area contributed by atoms with Gasteiger partial charge in [0.1, 0.15) is 36.2 Å². The lowest BCUT2D eigenvalue weighted by Crippen LogP contribution is -2.40. The molecule has 2 aromatic heterocycles. The third-order valence-electron chi connectivity index (χ3n) is 10.4. The summed E-state index contributed by atoms with van der Waals surface area (Å²) in [6.45, 7) is -1.59. The van der Waals surface area contributed by atoms with Gasteiger partial charge in [-0.2, -0.15) is 0 Å². The third kappa shape index (κ3) is 7.54. The molecule has 5 aromatic rings. The van der Waals surface area contributed by atoms with Crippen LogP contribution in [0.2, 0.25) is 0 Å². The number of rotatable bonds is 11. The number of ether oxygens (including phenoxy) is 4. The molecule has 0 amide bonds. The van der Waals surface area contributed by atoms with E-state index in [-0.39, 0.29) is 30.6 Å². The summed E-state index contributed by atoms with van der Waals surface area (Å²) in [4.78, 5) is 65.6. The summed E-state index contributed by atoms with van der Waals surface area (Å²) in [7, 11) is 0. The Bertz CT molecular complexity index is 2550. The molecule has 4 N–H and O–H groups in total. The van der Waals surface area contributed by atoms with Gasteiger partial charge in [0.25, 0.3) is 11.1 Å². The van der Waals surface area contributed by atoms with Crippen molar-refractivity contribution in [2.75, 3.05) is 13.2 Å². The zero-order chi connectivity index (χ0) is 40.1. The van der Waals surface area contributed by atoms with E-state index in [2.05, 4.69) is 9.97 Å². The first-order valence-electron chi connectivity index (χ1n) is 18.2. The van der Waals surface area contributed by atoms with Gasteiger partial charge in [-0.15, -0.1) is 0 Å². The van der Waals surface area contributed by atoms with Crippen LogP contribution in [0.1, 0.15) is 53.1 Å². The molecule has 1 unspecified atom stereocenters. The van der Waals surface area contributed by atoms with Gasteiger partial charge in [-0.3, -0.25) is 28.7 Å². The van der Waals surface area contributed by atoms with Crippen LogP contribution in [0.3, 0.4) is 0 Å². The predicted octanol–water partition coefficient (Wildman–Crippen LogP) is 3.37. The molecule has 3 aliphatic heterocycles. The van der Waals surface area contributed by atoms with E-state index in [0.29, 0.717) is 11.5 Å². The minimum absolute atomic E-state index is 0.0000680. The smallest absolute Gasteiger partial charge is 0.330 e. The normalized spacial score (nSPS) is 24.6. The van der Waals surface area contributed by atoms with Crippen molar-refractivity contribution in [1.82, 2.24) is 19.1 Å². The van der Waals surface area contributed by atoms with Crippen LogP contribution >= 0.6 is 6.72 Å². The van der Waals surface area contributed by atoms with Crippen molar-refractivity contribution in [3.8, 4) is 11.5 Å². The number of nitrogens with zero attached hydrogens (tertiary/aromatic N) is 2. The quantitative estimate of drug-likeness (QED) is 0.141. The number of aliphatic hydroxyl groups excluding tert-OH is 1. The largest absolute Gasteiger partial charge is 0.457 e. The Morgan fingerprint density at radius 2 is 1.30 bits per heavy atom. The molecule has 7 atom stereocenters. The summed E-state index contributed by atoms with van der Waals surface area (Å²) in [6, 6.07) is 24.7. The van der Waals surface area contributed by atoms with Gasteiger partial charge in [-0.05, 0) is 43.4 Å². The molecule has 2 saturated heterocycles. The Balaban J connectivity index is 1.08. The van der Waals surface area contributed by atoms with Gasteiger partial charge in [-0.1, -0.05) is 66.7 Å². The summed E-state index contributed by atoms with van der Waals surface area (Å²) < 4.78 is 40.0. The highest BCUT2D eigenvalue weighted by Crippen LogP contribution is 2.54. The van der Waals surface area contributed by atoms with Crippen molar-refractivity contribution in [3.05, 3.63) is 161 Å². The molecule has 3 aliphatic rings. The van der Waals surface area contributed by atoms with Crippen LogP contribution in [0.4, 0.5) is 0 Å². The van der Waals surface area contributed by atoms with E-state index < -0.39 is 78.3 Å². The standard InChI is InChI=1S/C39H39N4O12PS/c1-22-18-42(37(47)40-35(22)45)33-16-27(44)31(53-33)21-51-56(49,57)55-30-17-34(43-19-23(2)36(46)41-38(43)48)54-32(30)20-50-39(24-10-4-3-5-11-24)25-12-6-8-14-28(25)52-29-15-9-7-13-26(29)39/h3-15,18-19,27,30-34,44H,16-17,20-21H2,1-2H3,(H,49,57)(H,40,45,47)(H,41,46,48)/t27-,30-,31+,32+,33+,34+,56?/m0/s1. The molecule has 8 rings (SSSR count). The van der Waals surface area contributed by atoms with Crippen molar-refractivity contribution in [1.29, 1.82) is 0 Å². The maximum atomic E-state index is 13.0. The molecule has 0 bridgehead atoms. The SMILES string of the molecule is Cc1cn([C@H]2C[C@H](OP(O)(=S)OC[C@H]3O[C@@H](n4cc(C)c(=O)[nH]c4=O)C[C@@H]3O)[C@@H](COC3(c4ccccc4)c4ccccc4Oc4ccccc43)O2)c(=O)[nH]c1=O. The van der Waals surface area contributed by atoms with Gasteiger partial charge < -0.3 is 38.0 Å². The fourth-order valence-electron chi connectivity index (χ4n) is 7.52. The molecule has 2 fully saturated rings. The van der Waals surface area contributed by atoms with Gasteiger partial charge in [-0.25, -0.2) is 9.59 Å². The van der Waals surface area contributed by atoms with Crippen molar-refractivity contribution in [3.63, 3.8) is 0 Å². The average Bonchev–Trinajstić information content (AvgIpc) is 3.77. The zero-order valence-corrected chi connectivity index (χ0v) is 32.4. The Labute approximate surface area is 329 Å². The number of aliphatic hydroxyl groups is 1. The number of hydrogen-bond acceptors (Lipinski definition) is 12. The first-order chi connectivity index (χ1) is 27.3. The van der Waals surface area contributed by atoms with Crippen LogP contribution in [0.5, 0.6) is 11.5 Å². The number of aromatic nitrogens is 4. The Morgan fingerprint density at radius 3 is 1.89 bits per heavy atom. The summed E-state index contributed by atoms with van der Waals surface area (Å²) in [5.41, 5.74) is -0.872. The zero-order valence-electron chi connectivity index (χ0n) is 30.7. The maximum Gasteiger partial charge on any atom is 0.330 e. The Morgan fingerprint density at radius 1 is 0.772 bits per heavy atom. The first-order valence-corrected chi connectivity index (χ1v) is 20.8. The van der Waals surface area contributed by atoms with Crippen molar-refractivity contribution in [2.45, 2.75) is 69.2 Å². The van der Waals surface area contributed by atoms with E-state index in [9.17, 15) is 29.2 Å². The maximum absolute atomic E-state index is 13.0. The molecule has 0 radical (unpaired) electrons. The minimum atomic E-state index is -4.13. The molecule has 0 aliphatic carbocycles. The van der Waals surface area contributed by atoms with Gasteiger partial charge in [0.15, 0.2) is 5.60 Å². The topological polar surface area (TPSA) is 206 Å². The second-order valence-electron chi connectivity index (χ2n) is 14.1. The lowest BCUT2D eigenvalue weighted by molar-refractivity contribution is -0.0953. The van der Waals surface area contributed by atoms with E-state index in [0.717, 1.165) is 16.7 Å². The van der Waals surface area contributed by atoms with Crippen molar-refractivity contribution < 1.29 is 38.0 Å². The van der Waals surface area contributed by atoms with E-state index in [4.69, 9.17) is 39.8 Å². The van der Waals surface area contributed by atoms with Crippen molar-refractivity contribution >= 4 is 18.5 Å². The summed E-state index contributed by atoms with van der Waals surface area (Å²) in [6.07, 6.45) is -3.25. The molecule has 298 valence electrons. The highest BCUT2D eigenvalue weighted by molar-refractivity contribution is 8.07. The fourth-order valence-corrected chi connectivity index (χ4v) is 9.00. The van der Waals surface area contributed by atoms with Gasteiger partial charge >= 0.3 is 18.1 Å². The molecular formula is C39H39N4O12PS. The Kier molecular flexibility index (Phi) is 10.6. The van der Waals surface area contributed by atoms with Gasteiger partial charge in [0.2, 0.25) is 0 Å². The number of nitrogens with one attached hydrogen (secondary N) is 2. The van der Waals surface area contributed by atoms with Gasteiger partial charge in [0.05, 0.1) is 25.4 Å². The van der Waals surface area contributed by atoms with Crippen LogP contribution in [0.15, 0.2) is 110 Å². The van der Waals surface area contributed by atoms with Crippen LogP contribution in [-0.2, 0) is 40.7 Å². The number of H-pyrrole nitrogens is 2. The highest BCUT2D eigenvalue weighted by atomic mass is 32.5. The number of fused-ring (bicyclic) bond motifs is 2. The molecule has 0 saturated carbocycles. The molecular weight excluding hydrogens is 779 g/mol. The number of hydrogen-bond donors (Lipinski definition) is 4. The highest BCUT2D eigenvalue weighted by Gasteiger charge is 2.48. The van der Waals surface area contributed by atoms with Crippen LogP contribution < -0.4 is 27.2 Å². The summed E-state index contributed by atoms with van der Waals surface area (Å²) in [5, 5.41) is 10.8. The number of aryl methyl sites for hydroxylation is 2.